The Morgan fingerprint density at radius 1 is 1.11 bits per heavy atom. The minimum absolute atomic E-state index is 0.124. The second kappa shape index (κ2) is 11.7. The van der Waals surface area contributed by atoms with Gasteiger partial charge in [0.2, 0.25) is 0 Å². The van der Waals surface area contributed by atoms with Gasteiger partial charge in [0.25, 0.3) is 11.8 Å². The molecule has 2 N–H and O–H groups in total. The number of hydrogen-bond donors (Lipinski definition) is 2. The fourth-order valence-corrected chi connectivity index (χ4v) is 3.42. The number of amides is 2. The smallest absolute Gasteiger partial charge is 0.256 e. The number of hydrogen-bond acceptors (Lipinski definition) is 4. The first-order chi connectivity index (χ1) is 16.9. The molecule has 2 amide bonds. The molecule has 35 heavy (non-hydrogen) atoms. The van der Waals surface area contributed by atoms with Gasteiger partial charge in [0.15, 0.2) is 0 Å². The predicted molar refractivity (Wildman–Crippen MR) is 139 cm³/mol. The Hall–Kier alpha value is -4.28. The summed E-state index contributed by atoms with van der Waals surface area (Å²) in [4.78, 5) is 25.2. The Morgan fingerprint density at radius 2 is 1.86 bits per heavy atom. The van der Waals surface area contributed by atoms with Crippen LogP contribution in [-0.4, -0.2) is 28.2 Å². The van der Waals surface area contributed by atoms with Crippen molar-refractivity contribution in [3.05, 3.63) is 82.9 Å². The number of allylic oxidation sites excluding steroid dienone is 2. The predicted octanol–water partition coefficient (Wildman–Crippen LogP) is 5.38. The van der Waals surface area contributed by atoms with Crippen LogP contribution in [0.15, 0.2) is 77.4 Å². The van der Waals surface area contributed by atoms with Gasteiger partial charge < -0.3 is 15.4 Å². The van der Waals surface area contributed by atoms with E-state index in [1.165, 1.54) is 0 Å². The highest BCUT2D eigenvalue weighted by molar-refractivity contribution is 6.36. The molecule has 0 bridgehead atoms. The van der Waals surface area contributed by atoms with Gasteiger partial charge in [-0.15, -0.1) is 6.42 Å². The zero-order valence-electron chi connectivity index (χ0n) is 19.6. The normalized spacial score (nSPS) is 11.5. The highest BCUT2D eigenvalue weighted by atomic mass is 35.5. The molecule has 0 saturated carbocycles. The van der Waals surface area contributed by atoms with Crippen molar-refractivity contribution in [1.82, 2.24) is 9.78 Å². The van der Waals surface area contributed by atoms with E-state index < -0.39 is 0 Å². The van der Waals surface area contributed by atoms with E-state index >= 15 is 0 Å². The Bertz CT molecular complexity index is 1330. The molecular weight excluding hydrogens is 464 g/mol. The Morgan fingerprint density at radius 3 is 2.51 bits per heavy atom. The third-order valence-electron chi connectivity index (χ3n) is 5.02. The van der Waals surface area contributed by atoms with Gasteiger partial charge in [-0.2, -0.15) is 5.10 Å². The second-order valence-corrected chi connectivity index (χ2v) is 7.79. The number of nitrogens with one attached hydrogen (secondary N) is 2. The summed E-state index contributed by atoms with van der Waals surface area (Å²) in [5, 5.41) is 10.6. The molecular formula is C27H25ClN4O3. The molecule has 178 valence electrons. The lowest BCUT2D eigenvalue weighted by atomic mass is 10.1. The molecule has 0 unspecified atom stereocenters. The number of rotatable bonds is 8. The van der Waals surface area contributed by atoms with Gasteiger partial charge in [-0.1, -0.05) is 47.9 Å². The number of anilines is 2. The molecule has 3 rings (SSSR count). The molecule has 3 aromatic rings. The fourth-order valence-electron chi connectivity index (χ4n) is 3.22. The molecule has 1 aromatic heterocycles. The molecule has 1 heterocycles. The fraction of sp³-hybridized carbons (Fsp3) is 0.148. The average Bonchev–Trinajstić information content (AvgIpc) is 3.23. The van der Waals surface area contributed by atoms with Crippen molar-refractivity contribution >= 4 is 34.9 Å². The van der Waals surface area contributed by atoms with Crippen molar-refractivity contribution in [2.75, 3.05) is 17.2 Å². The van der Waals surface area contributed by atoms with Crippen LogP contribution in [-0.2, 0) is 11.8 Å². The van der Waals surface area contributed by atoms with Crippen molar-refractivity contribution in [1.29, 1.82) is 0 Å². The first-order valence-corrected chi connectivity index (χ1v) is 11.2. The lowest BCUT2D eigenvalue weighted by Gasteiger charge is -2.08. The van der Waals surface area contributed by atoms with Crippen molar-refractivity contribution in [2.45, 2.75) is 13.8 Å². The summed E-state index contributed by atoms with van der Waals surface area (Å²) in [5.74, 6) is 2.84. The van der Waals surface area contributed by atoms with Crippen LogP contribution >= 0.6 is 11.6 Å². The lowest BCUT2D eigenvalue weighted by Crippen LogP contribution is -2.14. The molecule has 7 nitrogen and oxygen atoms in total. The lowest BCUT2D eigenvalue weighted by molar-refractivity contribution is -0.112. The van der Waals surface area contributed by atoms with Crippen molar-refractivity contribution in [3.63, 3.8) is 0 Å². The van der Waals surface area contributed by atoms with E-state index in [0.717, 1.165) is 5.56 Å². The number of benzene rings is 2. The number of carbonyl (C=O) groups is 2. The Labute approximate surface area is 209 Å². The summed E-state index contributed by atoms with van der Waals surface area (Å²) in [5.41, 5.74) is 2.94. The standard InChI is InChI=1S/C27H25ClN4O3/c1-5-15-35-21-10-8-9-19(16-21)26(33)30-25-17-24(31-32(25)4)18-11-13-20(14-12-18)29-27(34)22(6-2)23(28)7-3/h1,6-14,16-17H,15H2,2-4H3,(H,29,34)(H,30,33)/b22-6+,23-7+. The largest absolute Gasteiger partial charge is 0.481 e. The molecule has 0 spiro atoms. The summed E-state index contributed by atoms with van der Waals surface area (Å²) in [6.45, 7) is 3.65. The summed E-state index contributed by atoms with van der Waals surface area (Å²) in [7, 11) is 1.74. The minimum atomic E-state index is -0.302. The van der Waals surface area contributed by atoms with E-state index in [0.29, 0.717) is 39.1 Å². The molecule has 0 atom stereocenters. The zero-order valence-corrected chi connectivity index (χ0v) is 20.4. The Kier molecular flexibility index (Phi) is 8.49. The van der Waals surface area contributed by atoms with Crippen molar-refractivity contribution in [2.24, 2.45) is 7.05 Å². The van der Waals surface area contributed by atoms with Gasteiger partial charge in [-0.25, -0.2) is 0 Å². The number of terminal acetylenes is 1. The first kappa shape index (κ1) is 25.3. The van der Waals surface area contributed by atoms with Crippen LogP contribution in [0.4, 0.5) is 11.5 Å². The first-order valence-electron chi connectivity index (χ1n) is 10.8. The van der Waals surface area contributed by atoms with E-state index in [2.05, 4.69) is 21.7 Å². The maximum absolute atomic E-state index is 12.7. The minimum Gasteiger partial charge on any atom is -0.481 e. The van der Waals surface area contributed by atoms with Gasteiger partial charge in [0.1, 0.15) is 18.2 Å². The molecule has 0 aliphatic heterocycles. The number of nitrogens with zero attached hydrogens (tertiary/aromatic N) is 2. The highest BCUT2D eigenvalue weighted by Crippen LogP contribution is 2.25. The Balaban J connectivity index is 1.71. The van der Waals surface area contributed by atoms with E-state index in [1.54, 1.807) is 80.2 Å². The maximum atomic E-state index is 12.7. The maximum Gasteiger partial charge on any atom is 0.256 e. The molecule has 8 heteroatoms. The van der Waals surface area contributed by atoms with E-state index in [1.807, 2.05) is 12.1 Å². The molecule has 0 aliphatic carbocycles. The van der Waals surface area contributed by atoms with Gasteiger partial charge in [0, 0.05) is 35.0 Å². The molecule has 0 fully saturated rings. The SMILES string of the molecule is C#CCOc1cccc(C(=O)Nc2cc(-c3ccc(NC(=O)C(=C/C)/C(Cl)=C\C)cc3)nn2C)c1. The quantitative estimate of drug-likeness (QED) is 0.253. The number of ether oxygens (including phenoxy) is 1. The summed E-state index contributed by atoms with van der Waals surface area (Å²) in [6, 6.07) is 15.8. The van der Waals surface area contributed by atoms with Crippen LogP contribution in [0.2, 0.25) is 0 Å². The summed E-state index contributed by atoms with van der Waals surface area (Å²) in [6.07, 6.45) is 8.55. The van der Waals surface area contributed by atoms with Crippen molar-refractivity contribution in [3.8, 4) is 29.4 Å². The molecule has 0 radical (unpaired) electrons. The topological polar surface area (TPSA) is 85.2 Å². The summed E-state index contributed by atoms with van der Waals surface area (Å²) >= 11 is 6.10. The molecule has 2 aromatic carbocycles. The van der Waals surface area contributed by atoms with E-state index in [-0.39, 0.29) is 18.4 Å². The number of carbonyl (C=O) groups excluding carboxylic acids is 2. The van der Waals surface area contributed by atoms with Gasteiger partial charge >= 0.3 is 0 Å². The van der Waals surface area contributed by atoms with Crippen LogP contribution in [0.1, 0.15) is 24.2 Å². The number of aryl methyl sites for hydroxylation is 1. The highest BCUT2D eigenvalue weighted by Gasteiger charge is 2.14. The van der Waals surface area contributed by atoms with E-state index in [9.17, 15) is 9.59 Å². The molecule has 0 saturated heterocycles. The number of halogens is 1. The van der Waals surface area contributed by atoms with Crippen LogP contribution < -0.4 is 15.4 Å². The number of aromatic nitrogens is 2. The van der Waals surface area contributed by atoms with Gasteiger partial charge in [-0.3, -0.25) is 14.3 Å². The third kappa shape index (κ3) is 6.40. The second-order valence-electron chi connectivity index (χ2n) is 7.38. The average molecular weight is 489 g/mol. The van der Waals surface area contributed by atoms with Crippen LogP contribution in [0.25, 0.3) is 11.3 Å². The molecule has 0 aliphatic rings. The van der Waals surface area contributed by atoms with Crippen LogP contribution in [0.3, 0.4) is 0 Å². The van der Waals surface area contributed by atoms with Crippen LogP contribution in [0.5, 0.6) is 5.75 Å². The summed E-state index contributed by atoms with van der Waals surface area (Å²) < 4.78 is 6.96. The van der Waals surface area contributed by atoms with E-state index in [4.69, 9.17) is 22.8 Å². The van der Waals surface area contributed by atoms with Crippen LogP contribution in [0, 0.1) is 12.3 Å². The third-order valence-corrected chi connectivity index (χ3v) is 5.44. The zero-order chi connectivity index (χ0) is 25.4. The monoisotopic (exact) mass is 488 g/mol. The van der Waals surface area contributed by atoms with Gasteiger partial charge in [0.05, 0.1) is 11.3 Å². The van der Waals surface area contributed by atoms with Crippen molar-refractivity contribution < 1.29 is 14.3 Å². The van der Waals surface area contributed by atoms with Gasteiger partial charge in [-0.05, 0) is 44.2 Å².